The molecule has 24 heavy (non-hydrogen) atoms. The van der Waals surface area contributed by atoms with Gasteiger partial charge in [-0.2, -0.15) is 0 Å². The van der Waals surface area contributed by atoms with Crippen LogP contribution >= 0.6 is 11.6 Å². The number of rotatable bonds is 5. The fourth-order valence-electron chi connectivity index (χ4n) is 2.33. The van der Waals surface area contributed by atoms with Gasteiger partial charge in [0.15, 0.2) is 0 Å². The zero-order valence-electron chi connectivity index (χ0n) is 12.6. The average molecular weight is 345 g/mol. The Bertz CT molecular complexity index is 831. The molecule has 0 spiro atoms. The number of imidazole rings is 1. The third-order valence-electron chi connectivity index (χ3n) is 3.42. The van der Waals surface area contributed by atoms with Gasteiger partial charge in [0, 0.05) is 54.0 Å². The van der Waals surface area contributed by atoms with Crippen LogP contribution in [0.3, 0.4) is 0 Å². The van der Waals surface area contributed by atoms with Gasteiger partial charge < -0.3 is 9.88 Å². The third-order valence-corrected chi connectivity index (χ3v) is 3.64. The molecule has 2 aromatic heterocycles. The van der Waals surface area contributed by atoms with E-state index in [9.17, 15) is 9.18 Å². The molecule has 0 saturated heterocycles. The topological polar surface area (TPSA) is 59.8 Å². The second-order valence-electron chi connectivity index (χ2n) is 5.09. The Balaban J connectivity index is 1.67. The number of benzene rings is 1. The standard InChI is InChI=1S/C17H14ClFN4O/c18-14-9-13(10-15(19)11-14)16-21-5-7-23(16)8-6-22-17(24)12-1-3-20-4-2-12/h1-5,7,9-11H,6,8H2,(H,22,24). The molecule has 0 aliphatic carbocycles. The maximum absolute atomic E-state index is 13.5. The van der Waals surface area contributed by atoms with E-state index in [0.29, 0.717) is 35.1 Å². The van der Waals surface area contributed by atoms with Crippen LogP contribution in [0.1, 0.15) is 10.4 Å². The monoisotopic (exact) mass is 344 g/mol. The van der Waals surface area contributed by atoms with Crippen LogP contribution in [-0.4, -0.2) is 27.0 Å². The number of halogens is 2. The second kappa shape index (κ2) is 7.23. The van der Waals surface area contributed by atoms with Crippen molar-refractivity contribution in [2.45, 2.75) is 6.54 Å². The van der Waals surface area contributed by atoms with Crippen LogP contribution < -0.4 is 5.32 Å². The summed E-state index contributed by atoms with van der Waals surface area (Å²) in [6, 6.07) is 7.56. The second-order valence-corrected chi connectivity index (χ2v) is 5.53. The number of hydrogen-bond acceptors (Lipinski definition) is 3. The van der Waals surface area contributed by atoms with Crippen molar-refractivity contribution in [2.75, 3.05) is 6.54 Å². The van der Waals surface area contributed by atoms with Crippen molar-refractivity contribution in [3.05, 3.63) is 71.5 Å². The normalized spacial score (nSPS) is 10.6. The van der Waals surface area contributed by atoms with Crippen molar-refractivity contribution in [3.63, 3.8) is 0 Å². The smallest absolute Gasteiger partial charge is 0.251 e. The van der Waals surface area contributed by atoms with E-state index in [0.717, 1.165) is 0 Å². The van der Waals surface area contributed by atoms with Crippen LogP contribution in [0.4, 0.5) is 4.39 Å². The van der Waals surface area contributed by atoms with E-state index < -0.39 is 5.82 Å². The third kappa shape index (κ3) is 3.78. The fourth-order valence-corrected chi connectivity index (χ4v) is 2.55. The molecule has 7 heteroatoms. The first kappa shape index (κ1) is 16.1. The van der Waals surface area contributed by atoms with Gasteiger partial charge in [0.05, 0.1) is 0 Å². The Kier molecular flexibility index (Phi) is 4.86. The van der Waals surface area contributed by atoms with E-state index in [-0.39, 0.29) is 5.91 Å². The van der Waals surface area contributed by atoms with E-state index in [1.807, 2.05) is 4.57 Å². The van der Waals surface area contributed by atoms with Crippen LogP contribution in [0.5, 0.6) is 0 Å². The number of carbonyl (C=O) groups is 1. The highest BCUT2D eigenvalue weighted by Crippen LogP contribution is 2.23. The summed E-state index contributed by atoms with van der Waals surface area (Å²) in [5.41, 5.74) is 1.14. The van der Waals surface area contributed by atoms with E-state index in [4.69, 9.17) is 11.6 Å². The Hall–Kier alpha value is -2.73. The lowest BCUT2D eigenvalue weighted by Gasteiger charge is -2.10. The molecule has 3 aromatic rings. The predicted octanol–water partition coefficient (Wildman–Crippen LogP) is 3.17. The van der Waals surface area contributed by atoms with Gasteiger partial charge >= 0.3 is 0 Å². The minimum absolute atomic E-state index is 0.173. The molecule has 0 atom stereocenters. The molecule has 2 heterocycles. The van der Waals surface area contributed by atoms with Gasteiger partial charge in [0.25, 0.3) is 5.91 Å². The van der Waals surface area contributed by atoms with Crippen LogP contribution in [0.2, 0.25) is 5.02 Å². The molecular weight excluding hydrogens is 331 g/mol. The minimum atomic E-state index is -0.418. The first-order valence-electron chi connectivity index (χ1n) is 7.29. The Morgan fingerprint density at radius 3 is 2.75 bits per heavy atom. The van der Waals surface area contributed by atoms with Gasteiger partial charge in [-0.3, -0.25) is 9.78 Å². The molecule has 1 amide bonds. The molecule has 0 fully saturated rings. The molecule has 0 unspecified atom stereocenters. The van der Waals surface area contributed by atoms with Crippen molar-refractivity contribution in [1.29, 1.82) is 0 Å². The van der Waals surface area contributed by atoms with Gasteiger partial charge in [-0.15, -0.1) is 0 Å². The van der Waals surface area contributed by atoms with Crippen LogP contribution in [-0.2, 0) is 6.54 Å². The predicted molar refractivity (Wildman–Crippen MR) is 89.2 cm³/mol. The summed E-state index contributed by atoms with van der Waals surface area (Å²) in [5.74, 6) is 0.000431. The number of pyridine rings is 1. The summed E-state index contributed by atoms with van der Waals surface area (Å²) in [7, 11) is 0. The van der Waals surface area contributed by atoms with E-state index >= 15 is 0 Å². The van der Waals surface area contributed by atoms with E-state index in [2.05, 4.69) is 15.3 Å². The molecule has 1 aromatic carbocycles. The Morgan fingerprint density at radius 1 is 1.21 bits per heavy atom. The van der Waals surface area contributed by atoms with Gasteiger partial charge in [0.2, 0.25) is 0 Å². The number of aromatic nitrogens is 3. The lowest BCUT2D eigenvalue weighted by Crippen LogP contribution is -2.27. The summed E-state index contributed by atoms with van der Waals surface area (Å²) < 4.78 is 15.3. The Morgan fingerprint density at radius 2 is 2.00 bits per heavy atom. The van der Waals surface area contributed by atoms with Crippen molar-refractivity contribution in [2.24, 2.45) is 0 Å². The first-order valence-corrected chi connectivity index (χ1v) is 7.67. The minimum Gasteiger partial charge on any atom is -0.350 e. The number of amides is 1. The fraction of sp³-hybridized carbons (Fsp3) is 0.118. The molecule has 0 aliphatic heterocycles. The molecule has 5 nitrogen and oxygen atoms in total. The number of nitrogens with one attached hydrogen (secondary N) is 1. The lowest BCUT2D eigenvalue weighted by molar-refractivity contribution is 0.0952. The molecule has 0 bridgehead atoms. The summed E-state index contributed by atoms with van der Waals surface area (Å²) in [4.78, 5) is 20.1. The maximum Gasteiger partial charge on any atom is 0.251 e. The molecule has 0 aliphatic rings. The highest BCUT2D eigenvalue weighted by Gasteiger charge is 2.09. The number of nitrogens with zero attached hydrogens (tertiary/aromatic N) is 3. The molecule has 0 saturated carbocycles. The van der Waals surface area contributed by atoms with Crippen molar-refractivity contribution in [1.82, 2.24) is 19.9 Å². The highest BCUT2D eigenvalue weighted by atomic mass is 35.5. The van der Waals surface area contributed by atoms with Crippen molar-refractivity contribution in [3.8, 4) is 11.4 Å². The molecular formula is C17H14ClFN4O. The van der Waals surface area contributed by atoms with Crippen molar-refractivity contribution < 1.29 is 9.18 Å². The largest absolute Gasteiger partial charge is 0.350 e. The molecule has 3 rings (SSSR count). The van der Waals surface area contributed by atoms with Crippen LogP contribution in [0.15, 0.2) is 55.1 Å². The summed E-state index contributed by atoms with van der Waals surface area (Å²) in [6.07, 6.45) is 6.53. The van der Waals surface area contributed by atoms with E-state index in [1.165, 1.54) is 12.1 Å². The number of carbonyl (C=O) groups excluding carboxylic acids is 1. The number of hydrogen-bond donors (Lipinski definition) is 1. The quantitative estimate of drug-likeness (QED) is 0.773. The molecule has 0 radical (unpaired) electrons. The first-order chi connectivity index (χ1) is 11.6. The zero-order chi connectivity index (χ0) is 16.9. The molecule has 122 valence electrons. The summed E-state index contributed by atoms with van der Waals surface area (Å²) in [6.45, 7) is 0.911. The Labute approximate surface area is 143 Å². The van der Waals surface area contributed by atoms with Crippen molar-refractivity contribution >= 4 is 17.5 Å². The van der Waals surface area contributed by atoms with Gasteiger partial charge in [-0.1, -0.05) is 11.6 Å². The maximum atomic E-state index is 13.5. The van der Waals surface area contributed by atoms with Gasteiger partial charge in [0.1, 0.15) is 11.6 Å². The summed E-state index contributed by atoms with van der Waals surface area (Å²) >= 11 is 5.89. The lowest BCUT2D eigenvalue weighted by atomic mass is 10.2. The van der Waals surface area contributed by atoms with Crippen LogP contribution in [0.25, 0.3) is 11.4 Å². The molecule has 1 N–H and O–H groups in total. The highest BCUT2D eigenvalue weighted by molar-refractivity contribution is 6.30. The summed E-state index contributed by atoms with van der Waals surface area (Å²) in [5, 5.41) is 3.13. The average Bonchev–Trinajstić information content (AvgIpc) is 3.03. The SMILES string of the molecule is O=C(NCCn1ccnc1-c1cc(F)cc(Cl)c1)c1ccncc1. The van der Waals surface area contributed by atoms with Gasteiger partial charge in [-0.25, -0.2) is 9.37 Å². The van der Waals surface area contributed by atoms with E-state index in [1.54, 1.807) is 43.0 Å². The zero-order valence-corrected chi connectivity index (χ0v) is 13.4. The van der Waals surface area contributed by atoms with Gasteiger partial charge in [-0.05, 0) is 30.3 Å². The van der Waals surface area contributed by atoms with Crippen LogP contribution in [0, 0.1) is 5.82 Å².